The van der Waals surface area contributed by atoms with Gasteiger partial charge in [-0.15, -0.1) is 0 Å². The van der Waals surface area contributed by atoms with E-state index in [2.05, 4.69) is 28.7 Å². The normalized spacial score (nSPS) is 10.1. The van der Waals surface area contributed by atoms with Crippen molar-refractivity contribution >= 4 is 46.1 Å². The van der Waals surface area contributed by atoms with Crippen LogP contribution in [-0.4, -0.2) is 61.3 Å². The van der Waals surface area contributed by atoms with Crippen molar-refractivity contribution in [1.82, 2.24) is 9.47 Å². The maximum Gasteiger partial charge on any atom is 0.357 e. The molecule has 0 bridgehead atoms. The number of nitrogens with zero attached hydrogens (tertiary/aromatic N) is 3. The van der Waals surface area contributed by atoms with E-state index in [1.165, 1.54) is 16.8 Å². The highest BCUT2D eigenvalue weighted by molar-refractivity contribution is 7.07. The SMILES string of the molecule is C=CCOC(=O)C(=C=c1sc(=C=CNc2cccc(NC(=O)CN(CC)CCOC)c2)c(=O)n1CC)C#N. The number of rotatable bonds is 13. The highest BCUT2D eigenvalue weighted by atomic mass is 32.1. The van der Waals surface area contributed by atoms with E-state index in [4.69, 9.17) is 9.47 Å². The van der Waals surface area contributed by atoms with Gasteiger partial charge in [0.1, 0.15) is 21.9 Å². The van der Waals surface area contributed by atoms with Crippen LogP contribution in [-0.2, 0) is 25.6 Å². The number of thiazole rings is 1. The largest absolute Gasteiger partial charge is 0.457 e. The molecule has 0 atom stereocenters. The second kappa shape index (κ2) is 15.8. The van der Waals surface area contributed by atoms with E-state index >= 15 is 0 Å². The smallest absolute Gasteiger partial charge is 0.357 e. The van der Waals surface area contributed by atoms with Crippen molar-refractivity contribution in [2.75, 3.05) is 50.6 Å². The minimum Gasteiger partial charge on any atom is -0.457 e. The molecule has 0 aliphatic rings. The van der Waals surface area contributed by atoms with Crippen LogP contribution in [0.4, 0.5) is 11.4 Å². The van der Waals surface area contributed by atoms with Gasteiger partial charge in [-0.1, -0.05) is 48.4 Å². The standard InChI is InChI=1S/C27H31N5O5S/c1-5-14-37-27(35)20(18-28)16-25-32(7-3)26(34)23(38-25)11-12-29-21-9-8-10-22(17-21)30-24(33)19-31(6-2)13-15-36-4/h5,8-10,12,17,29H,1,6-7,13-15,19H2,2-4H3,(H,30,33). The number of carbonyl (C=O) groups is 2. The predicted octanol–water partition coefficient (Wildman–Crippen LogP) is 1.40. The predicted molar refractivity (Wildman–Crippen MR) is 148 cm³/mol. The zero-order valence-electron chi connectivity index (χ0n) is 21.7. The number of likely N-dealkylation sites (N-methyl/N-ethyl adjacent to an activating group) is 1. The van der Waals surface area contributed by atoms with Gasteiger partial charge in [0.25, 0.3) is 5.56 Å². The fourth-order valence-electron chi connectivity index (χ4n) is 3.16. The zero-order valence-corrected chi connectivity index (χ0v) is 22.5. The molecular weight excluding hydrogens is 506 g/mol. The van der Waals surface area contributed by atoms with Crippen molar-refractivity contribution in [3.05, 3.63) is 68.2 Å². The number of hydrogen-bond donors (Lipinski definition) is 2. The number of hydrogen-bond acceptors (Lipinski definition) is 9. The van der Waals surface area contributed by atoms with Crippen LogP contribution in [0, 0.1) is 11.3 Å². The molecule has 0 aliphatic heterocycles. The number of anilines is 2. The number of nitrogens with one attached hydrogen (secondary N) is 2. The minimum atomic E-state index is -0.844. The molecule has 0 saturated carbocycles. The molecular formula is C27H31N5O5S. The molecule has 1 aromatic carbocycles. The summed E-state index contributed by atoms with van der Waals surface area (Å²) in [5.74, 6) is -0.981. The molecule has 2 aromatic rings. The Bertz CT molecular complexity index is 1440. The van der Waals surface area contributed by atoms with Gasteiger partial charge in [0, 0.05) is 37.8 Å². The molecule has 11 heteroatoms. The fourth-order valence-corrected chi connectivity index (χ4v) is 4.15. The lowest BCUT2D eigenvalue weighted by Gasteiger charge is -2.19. The summed E-state index contributed by atoms with van der Waals surface area (Å²) < 4.78 is 11.9. The number of esters is 1. The lowest BCUT2D eigenvalue weighted by Crippen LogP contribution is -2.35. The van der Waals surface area contributed by atoms with Gasteiger partial charge in [-0.05, 0) is 31.7 Å². The summed E-state index contributed by atoms with van der Waals surface area (Å²) in [6.07, 6.45) is 2.87. The van der Waals surface area contributed by atoms with Crippen LogP contribution in [0.2, 0.25) is 0 Å². The molecule has 2 N–H and O–H groups in total. The maximum absolute atomic E-state index is 12.8. The third-order valence-electron chi connectivity index (χ3n) is 5.09. The molecule has 38 heavy (non-hydrogen) atoms. The average Bonchev–Trinajstić information content (AvgIpc) is 3.21. The third kappa shape index (κ3) is 9.05. The molecule has 0 radical (unpaired) electrons. The van der Waals surface area contributed by atoms with Crippen LogP contribution in [0.3, 0.4) is 0 Å². The summed E-state index contributed by atoms with van der Waals surface area (Å²) in [4.78, 5) is 39.2. The van der Waals surface area contributed by atoms with Crippen molar-refractivity contribution in [3.63, 3.8) is 0 Å². The van der Waals surface area contributed by atoms with Crippen LogP contribution in [0.15, 0.2) is 53.5 Å². The Morgan fingerprint density at radius 2 is 2.05 bits per heavy atom. The van der Waals surface area contributed by atoms with Crippen molar-refractivity contribution in [3.8, 4) is 6.07 Å². The number of nitriles is 1. The summed E-state index contributed by atoms with van der Waals surface area (Å²) in [5, 5.41) is 15.2. The minimum absolute atomic E-state index is 0.0411. The molecule has 10 nitrogen and oxygen atoms in total. The van der Waals surface area contributed by atoms with Gasteiger partial charge in [0.05, 0.1) is 13.2 Å². The monoisotopic (exact) mass is 537 g/mol. The first-order valence-corrected chi connectivity index (χ1v) is 12.7. The van der Waals surface area contributed by atoms with Gasteiger partial charge in [-0.2, -0.15) is 5.26 Å². The number of methoxy groups -OCH3 is 1. The van der Waals surface area contributed by atoms with E-state index in [0.29, 0.717) is 35.7 Å². The highest BCUT2D eigenvalue weighted by Crippen LogP contribution is 2.15. The Hall–Kier alpha value is -4.16. The molecule has 0 fully saturated rings. The Labute approximate surface area is 225 Å². The number of ether oxygens (including phenoxy) is 2. The third-order valence-corrected chi connectivity index (χ3v) is 6.11. The van der Waals surface area contributed by atoms with Gasteiger partial charge in [-0.3, -0.25) is 19.1 Å². The molecule has 2 rings (SSSR count). The summed E-state index contributed by atoms with van der Waals surface area (Å²) in [6, 6.07) is 8.89. The second-order valence-electron chi connectivity index (χ2n) is 7.71. The van der Waals surface area contributed by atoms with Crippen LogP contribution in [0.1, 0.15) is 13.8 Å². The van der Waals surface area contributed by atoms with Crippen molar-refractivity contribution in [2.45, 2.75) is 20.4 Å². The van der Waals surface area contributed by atoms with Gasteiger partial charge in [-0.25, -0.2) is 4.79 Å². The van der Waals surface area contributed by atoms with Crippen molar-refractivity contribution < 1.29 is 19.1 Å². The molecule has 1 heterocycles. The molecule has 0 unspecified atom stereocenters. The first kappa shape index (κ1) is 30.1. The van der Waals surface area contributed by atoms with Crippen LogP contribution in [0.25, 0.3) is 11.5 Å². The van der Waals surface area contributed by atoms with Crippen LogP contribution < -0.4 is 25.4 Å². The Morgan fingerprint density at radius 3 is 2.71 bits per heavy atom. The van der Waals surface area contributed by atoms with E-state index in [0.717, 1.165) is 17.9 Å². The molecule has 1 aromatic heterocycles. The Kier molecular flexibility index (Phi) is 12.5. The fraction of sp³-hybridized carbons (Fsp3) is 0.333. The van der Waals surface area contributed by atoms with E-state index < -0.39 is 5.97 Å². The second-order valence-corrected chi connectivity index (χ2v) is 8.71. The Balaban J connectivity index is 2.27. The highest BCUT2D eigenvalue weighted by Gasteiger charge is 2.11. The van der Waals surface area contributed by atoms with E-state index in [-0.39, 0.29) is 34.7 Å². The topological polar surface area (TPSA) is 126 Å². The van der Waals surface area contributed by atoms with E-state index in [1.807, 2.05) is 11.8 Å². The van der Waals surface area contributed by atoms with Crippen molar-refractivity contribution in [1.29, 1.82) is 5.26 Å². The average molecular weight is 538 g/mol. The zero-order chi connectivity index (χ0) is 27.9. The summed E-state index contributed by atoms with van der Waals surface area (Å²) >= 11 is 1.04. The molecule has 0 spiro atoms. The number of aromatic nitrogens is 1. The molecule has 1 amide bonds. The van der Waals surface area contributed by atoms with Gasteiger partial charge < -0.3 is 20.1 Å². The summed E-state index contributed by atoms with van der Waals surface area (Å²) in [7, 11) is 1.62. The number of amides is 1. The van der Waals surface area contributed by atoms with Gasteiger partial charge in [0.2, 0.25) is 5.91 Å². The number of benzene rings is 1. The number of carbonyl (C=O) groups excluding carboxylic acids is 2. The first-order valence-electron chi connectivity index (χ1n) is 11.9. The molecule has 200 valence electrons. The lowest BCUT2D eigenvalue weighted by atomic mass is 10.2. The summed E-state index contributed by atoms with van der Waals surface area (Å²) in [6.45, 7) is 9.68. The van der Waals surface area contributed by atoms with Crippen LogP contribution in [0.5, 0.6) is 0 Å². The first-order chi connectivity index (χ1) is 18.4. The van der Waals surface area contributed by atoms with Gasteiger partial charge >= 0.3 is 5.97 Å². The molecule has 0 saturated heterocycles. The van der Waals surface area contributed by atoms with E-state index in [1.54, 1.807) is 44.4 Å². The Morgan fingerprint density at radius 1 is 1.29 bits per heavy atom. The van der Waals surface area contributed by atoms with Crippen LogP contribution >= 0.6 is 11.3 Å². The van der Waals surface area contributed by atoms with Gasteiger partial charge in [0.15, 0.2) is 5.57 Å². The van der Waals surface area contributed by atoms with E-state index in [9.17, 15) is 19.6 Å². The van der Waals surface area contributed by atoms with Crippen molar-refractivity contribution in [2.24, 2.45) is 0 Å². The molecule has 0 aliphatic carbocycles. The lowest BCUT2D eigenvalue weighted by molar-refractivity contribution is -0.137. The maximum atomic E-state index is 12.8. The summed E-state index contributed by atoms with van der Waals surface area (Å²) in [5.41, 5.74) is 6.22. The quantitative estimate of drug-likeness (QED) is 0.170.